The number of nitriles is 1. The molecule has 0 unspecified atom stereocenters. The first kappa shape index (κ1) is 5.70. The van der Waals surface area contributed by atoms with Crippen LogP contribution in [-0.4, -0.2) is 11.6 Å². The third kappa shape index (κ3) is 1.50. The Balaban J connectivity index is 2.39. The molecule has 46 valence electrons. The zero-order valence-electron chi connectivity index (χ0n) is 4.91. The molecule has 1 aliphatic rings. The van der Waals surface area contributed by atoms with Gasteiger partial charge in [-0.3, -0.25) is 5.01 Å². The first-order valence-electron chi connectivity index (χ1n) is 2.66. The van der Waals surface area contributed by atoms with Gasteiger partial charge in [0.15, 0.2) is 0 Å². The maximum atomic E-state index is 8.23. The van der Waals surface area contributed by atoms with Gasteiger partial charge in [-0.25, -0.2) is 0 Å². The van der Waals surface area contributed by atoms with Crippen LogP contribution in [0, 0.1) is 11.3 Å². The highest BCUT2D eigenvalue weighted by Gasteiger charge is 1.93. The van der Waals surface area contributed by atoms with Crippen LogP contribution in [0.3, 0.4) is 0 Å². The van der Waals surface area contributed by atoms with E-state index in [2.05, 4.69) is 5.43 Å². The van der Waals surface area contributed by atoms with Gasteiger partial charge in [-0.2, -0.15) is 5.26 Å². The number of hydrazine groups is 1. The topological polar surface area (TPSA) is 39.1 Å². The molecule has 0 saturated carbocycles. The van der Waals surface area contributed by atoms with Crippen LogP contribution in [-0.2, 0) is 0 Å². The van der Waals surface area contributed by atoms with Gasteiger partial charge in [-0.1, -0.05) is 0 Å². The minimum atomic E-state index is 0.376. The third-order valence-electron chi connectivity index (χ3n) is 0.955. The number of rotatable bonds is 1. The molecule has 0 saturated heterocycles. The molecular weight excluding hydrogens is 114 g/mol. The van der Waals surface area contributed by atoms with Gasteiger partial charge in [-0.05, 0) is 12.2 Å². The van der Waals surface area contributed by atoms with E-state index in [0.29, 0.717) is 6.54 Å². The fourth-order valence-electron chi connectivity index (χ4n) is 0.565. The van der Waals surface area contributed by atoms with Crippen molar-refractivity contribution in [1.29, 1.82) is 5.26 Å². The minimum absolute atomic E-state index is 0.376. The lowest BCUT2D eigenvalue weighted by atomic mass is 10.5. The van der Waals surface area contributed by atoms with Crippen molar-refractivity contribution < 1.29 is 0 Å². The second kappa shape index (κ2) is 2.78. The molecule has 9 heavy (non-hydrogen) atoms. The second-order valence-electron chi connectivity index (χ2n) is 1.62. The number of hydrogen-bond acceptors (Lipinski definition) is 3. The van der Waals surface area contributed by atoms with Crippen LogP contribution >= 0.6 is 0 Å². The molecule has 0 amide bonds. The Labute approximate surface area is 53.9 Å². The second-order valence-corrected chi connectivity index (χ2v) is 1.62. The number of nitrogens with zero attached hydrogens (tertiary/aromatic N) is 2. The lowest BCUT2D eigenvalue weighted by Gasteiger charge is -2.17. The lowest BCUT2D eigenvalue weighted by Crippen LogP contribution is -2.30. The average molecular weight is 121 g/mol. The van der Waals surface area contributed by atoms with Crippen molar-refractivity contribution >= 4 is 0 Å². The summed E-state index contributed by atoms with van der Waals surface area (Å²) in [5.74, 6) is 0. The van der Waals surface area contributed by atoms with E-state index in [9.17, 15) is 0 Å². The molecule has 0 aromatic heterocycles. The molecule has 3 heteroatoms. The predicted octanol–water partition coefficient (Wildman–Crippen LogP) is 0.358. The van der Waals surface area contributed by atoms with E-state index in [4.69, 9.17) is 5.26 Å². The Kier molecular flexibility index (Phi) is 1.76. The van der Waals surface area contributed by atoms with E-state index < -0.39 is 0 Å². The summed E-state index contributed by atoms with van der Waals surface area (Å²) in [6.07, 6.45) is 7.32. The number of hydrogen-bond donors (Lipinski definition) is 1. The molecule has 0 fully saturated rings. The van der Waals surface area contributed by atoms with E-state index in [1.54, 1.807) is 11.2 Å². The highest BCUT2D eigenvalue weighted by molar-refractivity contribution is 5.05. The maximum Gasteiger partial charge on any atom is 0.125 e. The van der Waals surface area contributed by atoms with Crippen LogP contribution in [0.5, 0.6) is 0 Å². The van der Waals surface area contributed by atoms with E-state index >= 15 is 0 Å². The lowest BCUT2D eigenvalue weighted by molar-refractivity contribution is 0.350. The summed E-state index contributed by atoms with van der Waals surface area (Å²) in [5, 5.41) is 9.92. The predicted molar refractivity (Wildman–Crippen MR) is 33.7 cm³/mol. The minimum Gasteiger partial charge on any atom is -0.305 e. The zero-order chi connectivity index (χ0) is 6.53. The molecule has 0 aromatic rings. The fraction of sp³-hybridized carbons (Fsp3) is 0.167. The van der Waals surface area contributed by atoms with Crippen molar-refractivity contribution in [2.24, 2.45) is 0 Å². The highest BCUT2D eigenvalue weighted by atomic mass is 15.5. The molecule has 1 N–H and O–H groups in total. The molecule has 0 spiro atoms. The molecule has 0 aromatic carbocycles. The van der Waals surface area contributed by atoms with Gasteiger partial charge in [0.1, 0.15) is 6.54 Å². The highest BCUT2D eigenvalue weighted by Crippen LogP contribution is 1.89. The fourth-order valence-corrected chi connectivity index (χ4v) is 0.565. The van der Waals surface area contributed by atoms with Crippen LogP contribution in [0.1, 0.15) is 0 Å². The summed E-state index contributed by atoms with van der Waals surface area (Å²) in [6, 6.07) is 2.02. The van der Waals surface area contributed by atoms with E-state index in [0.717, 1.165) is 0 Å². The Bertz CT molecular complexity index is 175. The van der Waals surface area contributed by atoms with Gasteiger partial charge in [0, 0.05) is 12.4 Å². The van der Waals surface area contributed by atoms with Crippen LogP contribution in [0.15, 0.2) is 24.6 Å². The van der Waals surface area contributed by atoms with Crippen LogP contribution in [0.4, 0.5) is 0 Å². The van der Waals surface area contributed by atoms with E-state index in [-0.39, 0.29) is 0 Å². The van der Waals surface area contributed by atoms with Crippen molar-refractivity contribution in [2.75, 3.05) is 6.54 Å². The van der Waals surface area contributed by atoms with Crippen molar-refractivity contribution in [3.05, 3.63) is 24.6 Å². The SMILES string of the molecule is N#CCN1C=CC=CN1. The van der Waals surface area contributed by atoms with E-state index in [1.165, 1.54) is 0 Å². The molecule has 1 aliphatic heterocycles. The largest absolute Gasteiger partial charge is 0.305 e. The molecule has 0 radical (unpaired) electrons. The smallest absolute Gasteiger partial charge is 0.125 e. The zero-order valence-corrected chi connectivity index (χ0v) is 4.91. The molecule has 3 nitrogen and oxygen atoms in total. The third-order valence-corrected chi connectivity index (χ3v) is 0.955. The Hall–Kier alpha value is -1.43. The first-order chi connectivity index (χ1) is 4.43. The molecular formula is C6H7N3. The van der Waals surface area contributed by atoms with Crippen LogP contribution in [0.2, 0.25) is 0 Å². The molecule has 1 rings (SSSR count). The molecule has 1 heterocycles. The van der Waals surface area contributed by atoms with Gasteiger partial charge in [0.05, 0.1) is 6.07 Å². The summed E-state index contributed by atoms with van der Waals surface area (Å²) in [5.41, 5.74) is 2.86. The monoisotopic (exact) mass is 121 g/mol. The van der Waals surface area contributed by atoms with Crippen LogP contribution < -0.4 is 5.43 Å². The average Bonchev–Trinajstić information content (AvgIpc) is 1.91. The summed E-state index contributed by atoms with van der Waals surface area (Å²) < 4.78 is 0. The van der Waals surface area contributed by atoms with Crippen LogP contribution in [0.25, 0.3) is 0 Å². The van der Waals surface area contributed by atoms with Gasteiger partial charge in [0.2, 0.25) is 0 Å². The van der Waals surface area contributed by atoms with Crippen molar-refractivity contribution in [2.45, 2.75) is 0 Å². The Morgan fingerprint density at radius 3 is 3.00 bits per heavy atom. The molecule has 0 aliphatic carbocycles. The number of nitrogens with one attached hydrogen (secondary N) is 1. The first-order valence-corrected chi connectivity index (χ1v) is 2.66. The normalized spacial score (nSPS) is 14.8. The maximum absolute atomic E-state index is 8.23. The summed E-state index contributed by atoms with van der Waals surface area (Å²) >= 11 is 0. The van der Waals surface area contributed by atoms with E-state index in [1.807, 2.05) is 24.4 Å². The summed E-state index contributed by atoms with van der Waals surface area (Å²) in [6.45, 7) is 0.376. The molecule has 0 bridgehead atoms. The van der Waals surface area contributed by atoms with Gasteiger partial charge in [0.25, 0.3) is 0 Å². The van der Waals surface area contributed by atoms with Crippen molar-refractivity contribution in [1.82, 2.24) is 10.4 Å². The van der Waals surface area contributed by atoms with Crippen molar-refractivity contribution in [3.8, 4) is 6.07 Å². The quantitative estimate of drug-likeness (QED) is 0.509. The summed E-state index contributed by atoms with van der Waals surface area (Å²) in [7, 11) is 0. The summed E-state index contributed by atoms with van der Waals surface area (Å²) in [4.78, 5) is 0. The van der Waals surface area contributed by atoms with Gasteiger partial charge >= 0.3 is 0 Å². The number of allylic oxidation sites excluding steroid dienone is 2. The van der Waals surface area contributed by atoms with Gasteiger partial charge in [-0.15, -0.1) is 0 Å². The van der Waals surface area contributed by atoms with Gasteiger partial charge < -0.3 is 5.43 Å². The molecule has 0 atom stereocenters. The standard InChI is InChI=1S/C6H7N3/c7-3-6-9-5-2-1-4-8-9/h1-2,4-5,8H,6H2. The van der Waals surface area contributed by atoms with Crippen molar-refractivity contribution in [3.63, 3.8) is 0 Å². The Morgan fingerprint density at radius 2 is 2.44 bits per heavy atom. The Morgan fingerprint density at radius 1 is 1.56 bits per heavy atom.